The van der Waals surface area contributed by atoms with Crippen molar-refractivity contribution in [1.82, 2.24) is 10.6 Å². The fourth-order valence-corrected chi connectivity index (χ4v) is 10.2. The first-order chi connectivity index (χ1) is 30.1. The van der Waals surface area contributed by atoms with Crippen LogP contribution in [0.5, 0.6) is 0 Å². The Labute approximate surface area is 376 Å². The van der Waals surface area contributed by atoms with Crippen LogP contribution in [0.3, 0.4) is 0 Å². The summed E-state index contributed by atoms with van der Waals surface area (Å²) in [6.45, 7) is 13.4. The summed E-state index contributed by atoms with van der Waals surface area (Å²) < 4.78 is 13.1. The minimum Gasteiger partial charge on any atom is -0.405 e. The molecule has 13 heteroatoms. The third-order valence-electron chi connectivity index (χ3n) is 14.6. The quantitative estimate of drug-likeness (QED) is 0.0363. The maximum absolute atomic E-state index is 13.9. The monoisotopic (exact) mass is 870 g/mol. The maximum Gasteiger partial charge on any atom is 0.461 e. The van der Waals surface area contributed by atoms with Crippen LogP contribution in [0.4, 0.5) is 0 Å². The van der Waals surface area contributed by atoms with Gasteiger partial charge in [0.15, 0.2) is 17.3 Å². The topological polar surface area (TPSA) is 206 Å². The summed E-state index contributed by atoms with van der Waals surface area (Å²) in [4.78, 5) is 68.5. The highest BCUT2D eigenvalue weighted by atomic mass is 16.7. The Hall–Kier alpha value is -3.75. The Kier molecular flexibility index (Phi) is 18.3. The van der Waals surface area contributed by atoms with Crippen LogP contribution in [-0.2, 0) is 34.9 Å². The number of ketones is 3. The SMILES string of the molecule is CCCCc1ccc(-c2ccc(C(=O)C[C@@H](CN)C(=O)N[C@@H](CCCCN)C(=O)C[C@@H](C)C(=O)N[C@@H](CCCCN)C(=O)C[C@@H](C)B3OC4C[C@@H]5C[C@@H](C5(C)C)[C@]4(C)O3)cc2)cc1. The van der Waals surface area contributed by atoms with Crippen molar-refractivity contribution in [2.24, 2.45) is 46.3 Å². The molecule has 2 amide bonds. The van der Waals surface area contributed by atoms with E-state index >= 15 is 0 Å². The highest BCUT2D eigenvalue weighted by Crippen LogP contribution is 2.66. The van der Waals surface area contributed by atoms with Gasteiger partial charge < -0.3 is 37.1 Å². The minimum atomic E-state index is -0.896. The zero-order valence-corrected chi connectivity index (χ0v) is 38.9. The summed E-state index contributed by atoms with van der Waals surface area (Å²) in [7, 11) is -0.505. The number of hydrogen-bond acceptors (Lipinski definition) is 10. The van der Waals surface area contributed by atoms with Crippen LogP contribution in [0.15, 0.2) is 48.5 Å². The predicted molar refractivity (Wildman–Crippen MR) is 250 cm³/mol. The Morgan fingerprint density at radius 1 is 0.746 bits per heavy atom. The van der Waals surface area contributed by atoms with Crippen molar-refractivity contribution < 1.29 is 33.3 Å². The Morgan fingerprint density at radius 3 is 1.87 bits per heavy atom. The second kappa shape index (κ2) is 22.9. The van der Waals surface area contributed by atoms with Crippen molar-refractivity contribution in [3.05, 3.63) is 59.7 Å². The van der Waals surface area contributed by atoms with E-state index in [-0.39, 0.29) is 66.1 Å². The van der Waals surface area contributed by atoms with Crippen molar-refractivity contribution in [2.75, 3.05) is 19.6 Å². The summed E-state index contributed by atoms with van der Waals surface area (Å²) in [6, 6.07) is 14.2. The van der Waals surface area contributed by atoms with Crippen molar-refractivity contribution in [1.29, 1.82) is 0 Å². The average Bonchev–Trinajstić information content (AvgIpc) is 3.64. The van der Waals surface area contributed by atoms with Crippen molar-refractivity contribution >= 4 is 36.3 Å². The second-order valence-corrected chi connectivity index (χ2v) is 19.7. The number of carbonyl (C=O) groups is 5. The van der Waals surface area contributed by atoms with Crippen molar-refractivity contribution in [2.45, 2.75) is 161 Å². The van der Waals surface area contributed by atoms with E-state index in [2.05, 4.69) is 62.6 Å². The molecule has 1 unspecified atom stereocenters. The molecule has 2 aromatic rings. The molecule has 3 aliphatic carbocycles. The molecule has 2 aromatic carbocycles. The van der Waals surface area contributed by atoms with E-state index in [1.807, 2.05) is 19.1 Å². The van der Waals surface area contributed by atoms with E-state index in [1.165, 1.54) is 5.56 Å². The van der Waals surface area contributed by atoms with Crippen LogP contribution in [0.25, 0.3) is 11.1 Å². The van der Waals surface area contributed by atoms with Crippen LogP contribution >= 0.6 is 0 Å². The van der Waals surface area contributed by atoms with Crippen molar-refractivity contribution in [3.63, 3.8) is 0 Å². The molecular weight excluding hydrogens is 793 g/mol. The molecule has 1 heterocycles. The van der Waals surface area contributed by atoms with Gasteiger partial charge in [0.1, 0.15) is 0 Å². The second-order valence-electron chi connectivity index (χ2n) is 19.7. The van der Waals surface area contributed by atoms with Gasteiger partial charge in [0.2, 0.25) is 11.8 Å². The smallest absolute Gasteiger partial charge is 0.405 e. The van der Waals surface area contributed by atoms with Gasteiger partial charge >= 0.3 is 7.12 Å². The van der Waals surface area contributed by atoms with E-state index in [0.29, 0.717) is 69.0 Å². The molecule has 0 aromatic heterocycles. The minimum absolute atomic E-state index is 0.00962. The first-order valence-corrected chi connectivity index (χ1v) is 23.9. The maximum atomic E-state index is 13.9. The Morgan fingerprint density at radius 2 is 1.32 bits per heavy atom. The number of nitrogens with two attached hydrogens (primary N) is 3. The number of aryl methyl sites for hydroxylation is 1. The Bertz CT molecular complexity index is 1860. The summed E-state index contributed by atoms with van der Waals surface area (Å²) >= 11 is 0. The van der Waals surface area contributed by atoms with Gasteiger partial charge in [0.25, 0.3) is 0 Å². The lowest BCUT2D eigenvalue weighted by Crippen LogP contribution is -2.65. The number of hydrogen-bond donors (Lipinski definition) is 5. The Balaban J connectivity index is 1.15. The molecule has 2 bridgehead atoms. The standard InChI is InChI=1S/C50H76BN5O7/c1-7-8-13-34-16-18-35(19-17-34)36-20-22-37(23-21-36)42(57)28-38(31-54)48(61)56-40(14-9-11-24-52)43(58)26-32(2)47(60)55-41(15-10-12-25-53)44(59)27-33(3)51-62-46-30-39-29-45(49(39,4)5)50(46,6)63-51/h16-23,32-33,38-41,45-46H,7-15,24-31,52-54H2,1-6H3,(H,55,60)(H,56,61)/t32-,33-,38+,39+,40+,41+,45+,46?,50+/m1/s1. The highest BCUT2D eigenvalue weighted by molar-refractivity contribution is 6.47. The number of carbonyl (C=O) groups excluding carboxylic acids is 5. The molecule has 4 fully saturated rings. The van der Waals surface area contributed by atoms with Gasteiger partial charge in [-0.1, -0.05) is 89.6 Å². The first kappa shape index (κ1) is 50.3. The first-order valence-electron chi connectivity index (χ1n) is 23.9. The predicted octanol–water partition coefficient (Wildman–Crippen LogP) is 6.74. The number of nitrogens with one attached hydrogen (secondary N) is 2. The summed E-state index contributed by atoms with van der Waals surface area (Å²) in [5.74, 6) is -2.37. The number of Topliss-reactive ketones (excluding diaryl/α,β-unsaturated/α-hetero) is 3. The molecule has 9 atom stereocenters. The molecule has 0 radical (unpaired) electrons. The van der Waals surface area contributed by atoms with Crippen LogP contribution in [0.2, 0.25) is 5.82 Å². The van der Waals surface area contributed by atoms with Gasteiger partial charge in [-0.3, -0.25) is 24.0 Å². The number of benzene rings is 2. The fourth-order valence-electron chi connectivity index (χ4n) is 10.2. The largest absolute Gasteiger partial charge is 0.461 e. The average molecular weight is 870 g/mol. The lowest BCUT2D eigenvalue weighted by atomic mass is 9.43. The van der Waals surface area contributed by atoms with Gasteiger partial charge in [0.05, 0.1) is 29.7 Å². The molecule has 8 N–H and O–H groups in total. The van der Waals surface area contributed by atoms with E-state index < -0.39 is 42.9 Å². The zero-order chi connectivity index (χ0) is 45.9. The van der Waals surface area contributed by atoms with Crippen LogP contribution < -0.4 is 27.8 Å². The molecule has 1 aliphatic heterocycles. The normalized spacial score (nSPS) is 23.4. The molecule has 1 saturated heterocycles. The molecule has 6 rings (SSSR count). The molecule has 346 valence electrons. The third-order valence-corrected chi connectivity index (χ3v) is 14.6. The van der Waals surface area contributed by atoms with Crippen LogP contribution in [0.1, 0.15) is 141 Å². The zero-order valence-electron chi connectivity index (χ0n) is 38.9. The van der Waals surface area contributed by atoms with E-state index in [4.69, 9.17) is 26.5 Å². The van der Waals surface area contributed by atoms with Crippen molar-refractivity contribution in [3.8, 4) is 11.1 Å². The number of rotatable bonds is 27. The number of unbranched alkanes of at least 4 members (excludes halogenated alkanes) is 3. The highest BCUT2D eigenvalue weighted by Gasteiger charge is 2.68. The van der Waals surface area contributed by atoms with Gasteiger partial charge in [-0.15, -0.1) is 0 Å². The van der Waals surface area contributed by atoms with E-state index in [1.54, 1.807) is 19.1 Å². The summed E-state index contributed by atoms with van der Waals surface area (Å²) in [5, 5.41) is 5.82. The molecule has 3 saturated carbocycles. The van der Waals surface area contributed by atoms with E-state index in [9.17, 15) is 24.0 Å². The van der Waals surface area contributed by atoms with Gasteiger partial charge in [0, 0.05) is 37.3 Å². The lowest BCUT2D eigenvalue weighted by molar-refractivity contribution is -0.199. The third kappa shape index (κ3) is 12.5. The molecule has 63 heavy (non-hydrogen) atoms. The van der Waals surface area contributed by atoms with Crippen LogP contribution in [0, 0.1) is 29.1 Å². The van der Waals surface area contributed by atoms with Crippen LogP contribution in [-0.4, -0.2) is 79.7 Å². The van der Waals surface area contributed by atoms with Gasteiger partial charge in [-0.2, -0.15) is 0 Å². The molecular formula is C50H76BN5O7. The lowest BCUT2D eigenvalue weighted by Gasteiger charge is -2.64. The summed E-state index contributed by atoms with van der Waals surface area (Å²) in [5.41, 5.74) is 21.2. The summed E-state index contributed by atoms with van der Waals surface area (Å²) in [6.07, 6.45) is 8.69. The molecule has 0 spiro atoms. The fraction of sp³-hybridized carbons (Fsp3) is 0.660. The van der Waals surface area contributed by atoms with Gasteiger partial charge in [-0.25, -0.2) is 0 Å². The van der Waals surface area contributed by atoms with E-state index in [0.717, 1.165) is 43.2 Å². The number of amides is 2. The molecule has 12 nitrogen and oxygen atoms in total. The molecule has 4 aliphatic rings. The van der Waals surface area contributed by atoms with Gasteiger partial charge in [-0.05, 0) is 124 Å².